The third kappa shape index (κ3) is 1.96. The maximum absolute atomic E-state index is 9.45. The number of aryl methyl sites for hydroxylation is 1. The van der Waals surface area contributed by atoms with Gasteiger partial charge in [-0.05, 0) is 47.2 Å². The number of benzene rings is 2. The lowest BCUT2D eigenvalue weighted by molar-refractivity contribution is 0.474. The number of phenols is 1. The highest BCUT2D eigenvalue weighted by Gasteiger charge is 2.11. The van der Waals surface area contributed by atoms with Crippen molar-refractivity contribution >= 4 is 11.6 Å². The number of hydrogen-bond donors (Lipinski definition) is 1. The van der Waals surface area contributed by atoms with Gasteiger partial charge in [0, 0.05) is 0 Å². The number of allylic oxidation sites excluding steroid dienone is 1. The second-order valence-electron chi connectivity index (χ2n) is 4.42. The van der Waals surface area contributed by atoms with E-state index in [1.54, 1.807) is 6.07 Å². The summed E-state index contributed by atoms with van der Waals surface area (Å²) in [6.45, 7) is 0. The number of hydrogen-bond acceptors (Lipinski definition) is 1. The first-order valence-electron chi connectivity index (χ1n) is 5.91. The summed E-state index contributed by atoms with van der Waals surface area (Å²) >= 11 is 0. The average Bonchev–Trinajstić information content (AvgIpc) is 2.39. The normalized spacial score (nSPS) is 14.0. The molecule has 2 aromatic carbocycles. The van der Waals surface area contributed by atoms with Crippen LogP contribution in [0.5, 0.6) is 5.75 Å². The van der Waals surface area contributed by atoms with Crippen LogP contribution in [0.3, 0.4) is 0 Å². The van der Waals surface area contributed by atoms with Crippen molar-refractivity contribution < 1.29 is 5.11 Å². The Labute approximate surface area is 101 Å². The highest BCUT2D eigenvalue weighted by Crippen LogP contribution is 2.31. The van der Waals surface area contributed by atoms with Crippen molar-refractivity contribution in [2.75, 3.05) is 0 Å². The molecule has 0 heterocycles. The standard InChI is InChI=1S/C16H14O/c17-16-9-8-14-10-13(6-7-15(14)11-16)12-4-2-1-3-5-12/h1-5,8-11,17H,6-7H2. The highest BCUT2D eigenvalue weighted by molar-refractivity contribution is 5.84. The van der Waals surface area contributed by atoms with E-state index in [1.165, 1.54) is 22.3 Å². The monoisotopic (exact) mass is 222 g/mol. The zero-order valence-electron chi connectivity index (χ0n) is 9.56. The number of rotatable bonds is 1. The molecule has 2 aromatic rings. The van der Waals surface area contributed by atoms with Crippen LogP contribution >= 0.6 is 0 Å². The maximum atomic E-state index is 9.45. The molecule has 0 saturated carbocycles. The van der Waals surface area contributed by atoms with Crippen molar-refractivity contribution in [1.29, 1.82) is 0 Å². The van der Waals surface area contributed by atoms with Crippen molar-refractivity contribution in [2.24, 2.45) is 0 Å². The second-order valence-corrected chi connectivity index (χ2v) is 4.42. The van der Waals surface area contributed by atoms with Crippen LogP contribution in [0.25, 0.3) is 11.6 Å². The fourth-order valence-corrected chi connectivity index (χ4v) is 2.36. The Morgan fingerprint density at radius 2 is 1.71 bits per heavy atom. The number of aromatic hydroxyl groups is 1. The molecule has 0 atom stereocenters. The lowest BCUT2D eigenvalue weighted by Gasteiger charge is -2.16. The third-order valence-corrected chi connectivity index (χ3v) is 3.26. The van der Waals surface area contributed by atoms with Gasteiger partial charge in [0.25, 0.3) is 0 Å². The predicted octanol–water partition coefficient (Wildman–Crippen LogP) is 3.88. The Hall–Kier alpha value is -2.02. The zero-order chi connectivity index (χ0) is 11.7. The molecule has 0 bridgehead atoms. The van der Waals surface area contributed by atoms with Crippen LogP contribution in [-0.2, 0) is 6.42 Å². The Kier molecular flexibility index (Phi) is 2.45. The highest BCUT2D eigenvalue weighted by atomic mass is 16.3. The molecule has 0 unspecified atom stereocenters. The SMILES string of the molecule is Oc1ccc2c(c1)CCC(c1ccccc1)=C2. The van der Waals surface area contributed by atoms with E-state index in [0.717, 1.165) is 12.8 Å². The fourth-order valence-electron chi connectivity index (χ4n) is 2.36. The molecule has 1 heteroatoms. The molecule has 0 spiro atoms. The first kappa shape index (κ1) is 10.2. The van der Waals surface area contributed by atoms with Crippen LogP contribution < -0.4 is 0 Å². The van der Waals surface area contributed by atoms with Gasteiger partial charge < -0.3 is 5.11 Å². The van der Waals surface area contributed by atoms with E-state index in [0.29, 0.717) is 5.75 Å². The summed E-state index contributed by atoms with van der Waals surface area (Å²) in [5.41, 5.74) is 5.15. The van der Waals surface area contributed by atoms with E-state index in [4.69, 9.17) is 0 Å². The molecule has 1 nitrogen and oxygen atoms in total. The molecule has 0 fully saturated rings. The van der Waals surface area contributed by atoms with E-state index in [2.05, 4.69) is 30.3 Å². The fraction of sp³-hybridized carbons (Fsp3) is 0.125. The van der Waals surface area contributed by atoms with E-state index in [1.807, 2.05) is 18.2 Å². The molecule has 3 rings (SSSR count). The molecule has 1 N–H and O–H groups in total. The summed E-state index contributed by atoms with van der Waals surface area (Å²) < 4.78 is 0. The maximum Gasteiger partial charge on any atom is 0.115 e. The van der Waals surface area contributed by atoms with Gasteiger partial charge in [0.1, 0.15) is 5.75 Å². The van der Waals surface area contributed by atoms with Crippen LogP contribution in [0.2, 0.25) is 0 Å². The minimum absolute atomic E-state index is 0.361. The van der Waals surface area contributed by atoms with Crippen molar-refractivity contribution in [2.45, 2.75) is 12.8 Å². The van der Waals surface area contributed by atoms with E-state index >= 15 is 0 Å². The predicted molar refractivity (Wildman–Crippen MR) is 70.7 cm³/mol. The molecule has 0 aromatic heterocycles. The summed E-state index contributed by atoms with van der Waals surface area (Å²) in [7, 11) is 0. The Morgan fingerprint density at radius 1 is 0.882 bits per heavy atom. The molecule has 0 radical (unpaired) electrons. The third-order valence-electron chi connectivity index (χ3n) is 3.26. The molecule has 17 heavy (non-hydrogen) atoms. The van der Waals surface area contributed by atoms with Crippen LogP contribution in [0, 0.1) is 0 Å². The Bertz CT molecular complexity index is 567. The van der Waals surface area contributed by atoms with Crippen molar-refractivity contribution in [3.05, 3.63) is 65.2 Å². The lowest BCUT2D eigenvalue weighted by atomic mass is 9.89. The summed E-state index contributed by atoms with van der Waals surface area (Å²) in [5.74, 6) is 0.361. The summed E-state index contributed by atoms with van der Waals surface area (Å²) in [6, 6.07) is 16.1. The summed E-state index contributed by atoms with van der Waals surface area (Å²) in [6.07, 6.45) is 4.28. The molecular weight excluding hydrogens is 208 g/mol. The molecule has 0 aliphatic heterocycles. The van der Waals surface area contributed by atoms with Crippen molar-refractivity contribution in [3.8, 4) is 5.75 Å². The van der Waals surface area contributed by atoms with Gasteiger partial charge in [0.05, 0.1) is 0 Å². The zero-order valence-corrected chi connectivity index (χ0v) is 9.56. The molecule has 0 amide bonds. The van der Waals surface area contributed by atoms with Gasteiger partial charge in [0.2, 0.25) is 0 Å². The molecule has 0 saturated heterocycles. The molecule has 84 valence electrons. The van der Waals surface area contributed by atoms with Gasteiger partial charge in [-0.3, -0.25) is 0 Å². The van der Waals surface area contributed by atoms with Crippen molar-refractivity contribution in [1.82, 2.24) is 0 Å². The summed E-state index contributed by atoms with van der Waals surface area (Å²) in [4.78, 5) is 0. The minimum Gasteiger partial charge on any atom is -0.508 e. The lowest BCUT2D eigenvalue weighted by Crippen LogP contribution is -1.98. The van der Waals surface area contributed by atoms with Gasteiger partial charge in [-0.2, -0.15) is 0 Å². The number of phenolic OH excluding ortho intramolecular Hbond substituents is 1. The topological polar surface area (TPSA) is 20.2 Å². The second kappa shape index (κ2) is 4.10. The first-order valence-corrected chi connectivity index (χ1v) is 5.91. The van der Waals surface area contributed by atoms with Crippen LogP contribution in [0.1, 0.15) is 23.1 Å². The largest absolute Gasteiger partial charge is 0.508 e. The minimum atomic E-state index is 0.361. The number of fused-ring (bicyclic) bond motifs is 1. The van der Waals surface area contributed by atoms with E-state index in [-0.39, 0.29) is 0 Å². The van der Waals surface area contributed by atoms with Gasteiger partial charge in [-0.25, -0.2) is 0 Å². The molecule has 1 aliphatic rings. The van der Waals surface area contributed by atoms with E-state index < -0.39 is 0 Å². The Balaban J connectivity index is 2.03. The van der Waals surface area contributed by atoms with Gasteiger partial charge >= 0.3 is 0 Å². The van der Waals surface area contributed by atoms with Crippen molar-refractivity contribution in [3.63, 3.8) is 0 Å². The average molecular weight is 222 g/mol. The first-order chi connectivity index (χ1) is 8.33. The van der Waals surface area contributed by atoms with Crippen LogP contribution in [0.15, 0.2) is 48.5 Å². The molecule has 1 aliphatic carbocycles. The van der Waals surface area contributed by atoms with Gasteiger partial charge in [-0.1, -0.05) is 42.5 Å². The van der Waals surface area contributed by atoms with Crippen LogP contribution in [-0.4, -0.2) is 5.11 Å². The smallest absolute Gasteiger partial charge is 0.115 e. The quantitative estimate of drug-likeness (QED) is 0.776. The van der Waals surface area contributed by atoms with E-state index in [9.17, 15) is 5.11 Å². The Morgan fingerprint density at radius 3 is 2.53 bits per heavy atom. The molecular formula is C16H14O. The van der Waals surface area contributed by atoms with Gasteiger partial charge in [0.15, 0.2) is 0 Å². The van der Waals surface area contributed by atoms with Gasteiger partial charge in [-0.15, -0.1) is 0 Å². The van der Waals surface area contributed by atoms with Crippen LogP contribution in [0.4, 0.5) is 0 Å². The summed E-state index contributed by atoms with van der Waals surface area (Å²) in [5, 5.41) is 9.45.